The molecule has 7 heteroatoms. The third-order valence-electron chi connectivity index (χ3n) is 2.58. The van der Waals surface area contributed by atoms with Gasteiger partial charge in [-0.2, -0.15) is 5.10 Å². The molecule has 0 unspecified atom stereocenters. The average Bonchev–Trinajstić information content (AvgIpc) is 2.85. The fourth-order valence-electron chi connectivity index (χ4n) is 1.64. The second kappa shape index (κ2) is 5.75. The van der Waals surface area contributed by atoms with Crippen LogP contribution in [0.15, 0.2) is 18.5 Å². The summed E-state index contributed by atoms with van der Waals surface area (Å²) in [6, 6.07) is 2.06. The SMILES string of the molecule is CCn1ncnc1COc1c(F)cc(CO)cc1F. The van der Waals surface area contributed by atoms with E-state index in [0.717, 1.165) is 12.1 Å². The summed E-state index contributed by atoms with van der Waals surface area (Å²) < 4.78 is 33.8. The van der Waals surface area contributed by atoms with Gasteiger partial charge in [0.2, 0.25) is 0 Å². The van der Waals surface area contributed by atoms with E-state index in [0.29, 0.717) is 12.4 Å². The highest BCUT2D eigenvalue weighted by Gasteiger charge is 2.14. The number of benzene rings is 1. The van der Waals surface area contributed by atoms with Gasteiger partial charge in [-0.25, -0.2) is 18.4 Å². The number of rotatable bonds is 5. The molecule has 0 aliphatic heterocycles. The monoisotopic (exact) mass is 269 g/mol. The van der Waals surface area contributed by atoms with Gasteiger partial charge in [0.05, 0.1) is 6.61 Å². The largest absolute Gasteiger partial charge is 0.479 e. The maximum absolute atomic E-state index is 13.6. The van der Waals surface area contributed by atoms with Crippen LogP contribution in [0.5, 0.6) is 5.75 Å². The lowest BCUT2D eigenvalue weighted by atomic mass is 10.2. The van der Waals surface area contributed by atoms with Gasteiger partial charge in [-0.15, -0.1) is 0 Å². The Kier molecular flexibility index (Phi) is 4.06. The number of aryl methyl sites for hydroxylation is 1. The summed E-state index contributed by atoms with van der Waals surface area (Å²) in [5, 5.41) is 12.8. The standard InChI is InChI=1S/C12H13F2N3O2/c1-2-17-11(15-7-16-17)6-19-12-9(13)3-8(5-18)4-10(12)14/h3-4,7,18H,2,5-6H2,1H3. The van der Waals surface area contributed by atoms with E-state index >= 15 is 0 Å². The number of aliphatic hydroxyl groups is 1. The van der Waals surface area contributed by atoms with E-state index in [1.165, 1.54) is 6.33 Å². The number of ether oxygens (including phenoxy) is 1. The molecule has 0 radical (unpaired) electrons. The lowest BCUT2D eigenvalue weighted by molar-refractivity contribution is 0.255. The Morgan fingerprint density at radius 1 is 1.32 bits per heavy atom. The van der Waals surface area contributed by atoms with Gasteiger partial charge in [0.1, 0.15) is 12.9 Å². The number of nitrogens with zero attached hydrogens (tertiary/aromatic N) is 3. The molecule has 0 atom stereocenters. The van der Waals surface area contributed by atoms with E-state index in [-0.39, 0.29) is 12.2 Å². The first-order chi connectivity index (χ1) is 9.15. The van der Waals surface area contributed by atoms with Crippen LogP contribution >= 0.6 is 0 Å². The minimum Gasteiger partial charge on any atom is -0.479 e. The summed E-state index contributed by atoms with van der Waals surface area (Å²) in [4.78, 5) is 3.94. The lowest BCUT2D eigenvalue weighted by Crippen LogP contribution is -2.08. The van der Waals surface area contributed by atoms with Crippen LogP contribution < -0.4 is 4.74 Å². The summed E-state index contributed by atoms with van der Waals surface area (Å²) in [7, 11) is 0. The molecular formula is C12H13F2N3O2. The van der Waals surface area contributed by atoms with Gasteiger partial charge < -0.3 is 9.84 Å². The molecule has 0 aliphatic carbocycles. The van der Waals surface area contributed by atoms with Gasteiger partial charge in [0, 0.05) is 6.54 Å². The molecule has 102 valence electrons. The fraction of sp³-hybridized carbons (Fsp3) is 0.333. The molecule has 2 aromatic rings. The maximum Gasteiger partial charge on any atom is 0.191 e. The van der Waals surface area contributed by atoms with Crippen molar-refractivity contribution < 1.29 is 18.6 Å². The zero-order valence-electron chi connectivity index (χ0n) is 10.3. The first-order valence-electron chi connectivity index (χ1n) is 5.74. The number of halogens is 2. The molecule has 1 aromatic carbocycles. The van der Waals surface area contributed by atoms with Gasteiger partial charge in [-0.05, 0) is 24.6 Å². The first-order valence-corrected chi connectivity index (χ1v) is 5.74. The van der Waals surface area contributed by atoms with Gasteiger partial charge >= 0.3 is 0 Å². The highest BCUT2D eigenvalue weighted by Crippen LogP contribution is 2.24. The summed E-state index contributed by atoms with van der Waals surface area (Å²) in [6.45, 7) is 1.95. The second-order valence-corrected chi connectivity index (χ2v) is 3.83. The molecule has 0 bridgehead atoms. The van der Waals surface area contributed by atoms with E-state index in [1.54, 1.807) is 4.68 Å². The van der Waals surface area contributed by atoms with Crippen molar-refractivity contribution in [3.8, 4) is 5.75 Å². The Hall–Kier alpha value is -2.02. The van der Waals surface area contributed by atoms with Crippen molar-refractivity contribution in [1.29, 1.82) is 0 Å². The van der Waals surface area contributed by atoms with Crippen molar-refractivity contribution in [3.05, 3.63) is 41.5 Å². The predicted molar refractivity (Wildman–Crippen MR) is 62.3 cm³/mol. The molecule has 5 nitrogen and oxygen atoms in total. The van der Waals surface area contributed by atoms with Crippen LogP contribution in [-0.2, 0) is 19.8 Å². The minimum atomic E-state index is -0.855. The zero-order chi connectivity index (χ0) is 13.8. The van der Waals surface area contributed by atoms with E-state index in [2.05, 4.69) is 10.1 Å². The molecule has 0 fully saturated rings. The second-order valence-electron chi connectivity index (χ2n) is 3.83. The van der Waals surface area contributed by atoms with E-state index in [9.17, 15) is 8.78 Å². The molecular weight excluding hydrogens is 256 g/mol. The quantitative estimate of drug-likeness (QED) is 0.896. The zero-order valence-corrected chi connectivity index (χ0v) is 10.3. The Bertz CT molecular complexity index is 549. The van der Waals surface area contributed by atoms with Crippen LogP contribution in [-0.4, -0.2) is 19.9 Å². The van der Waals surface area contributed by atoms with Crippen molar-refractivity contribution in [1.82, 2.24) is 14.8 Å². The highest BCUT2D eigenvalue weighted by atomic mass is 19.1. The predicted octanol–water partition coefficient (Wildman–Crippen LogP) is 1.65. The van der Waals surface area contributed by atoms with E-state index in [1.807, 2.05) is 6.92 Å². The van der Waals surface area contributed by atoms with Gasteiger partial charge in [-0.3, -0.25) is 0 Å². The summed E-state index contributed by atoms with van der Waals surface area (Å²) >= 11 is 0. The van der Waals surface area contributed by atoms with Crippen molar-refractivity contribution in [2.24, 2.45) is 0 Å². The van der Waals surface area contributed by atoms with Crippen LogP contribution in [0.1, 0.15) is 18.3 Å². The Labute approximate surface area is 108 Å². The number of aromatic nitrogens is 3. The highest BCUT2D eigenvalue weighted by molar-refractivity contribution is 5.31. The molecule has 0 saturated carbocycles. The molecule has 0 spiro atoms. The molecule has 2 rings (SSSR count). The molecule has 0 aliphatic rings. The topological polar surface area (TPSA) is 60.2 Å². The van der Waals surface area contributed by atoms with Crippen LogP contribution in [0.25, 0.3) is 0 Å². The molecule has 1 heterocycles. The van der Waals surface area contributed by atoms with Crippen molar-refractivity contribution in [2.75, 3.05) is 0 Å². The van der Waals surface area contributed by atoms with Crippen molar-refractivity contribution in [2.45, 2.75) is 26.7 Å². The Balaban J connectivity index is 2.16. The first kappa shape index (κ1) is 13.4. The lowest BCUT2D eigenvalue weighted by Gasteiger charge is -2.09. The third-order valence-corrected chi connectivity index (χ3v) is 2.58. The van der Waals surface area contributed by atoms with Crippen LogP contribution in [0.2, 0.25) is 0 Å². The summed E-state index contributed by atoms with van der Waals surface area (Å²) in [6.07, 6.45) is 1.35. The normalized spacial score (nSPS) is 10.7. The fourth-order valence-corrected chi connectivity index (χ4v) is 1.64. The van der Waals surface area contributed by atoms with Crippen molar-refractivity contribution in [3.63, 3.8) is 0 Å². The summed E-state index contributed by atoms with van der Waals surface area (Å²) in [5.41, 5.74) is 0.152. The molecule has 19 heavy (non-hydrogen) atoms. The van der Waals surface area contributed by atoms with E-state index in [4.69, 9.17) is 9.84 Å². The van der Waals surface area contributed by atoms with Crippen molar-refractivity contribution >= 4 is 0 Å². The Morgan fingerprint density at radius 3 is 2.58 bits per heavy atom. The number of hydrogen-bond acceptors (Lipinski definition) is 4. The number of hydrogen-bond donors (Lipinski definition) is 1. The third kappa shape index (κ3) is 2.87. The van der Waals surface area contributed by atoms with Crippen LogP contribution in [0, 0.1) is 11.6 Å². The Morgan fingerprint density at radius 2 is 2.00 bits per heavy atom. The molecule has 0 saturated heterocycles. The minimum absolute atomic E-state index is 0.0832. The molecule has 0 amide bonds. The van der Waals surface area contributed by atoms with Gasteiger partial charge in [0.15, 0.2) is 23.2 Å². The van der Waals surface area contributed by atoms with Crippen LogP contribution in [0.4, 0.5) is 8.78 Å². The van der Waals surface area contributed by atoms with Gasteiger partial charge in [0.25, 0.3) is 0 Å². The smallest absolute Gasteiger partial charge is 0.191 e. The molecule has 1 N–H and O–H groups in total. The average molecular weight is 269 g/mol. The van der Waals surface area contributed by atoms with Gasteiger partial charge in [-0.1, -0.05) is 0 Å². The molecule has 1 aromatic heterocycles. The van der Waals surface area contributed by atoms with Crippen LogP contribution in [0.3, 0.4) is 0 Å². The van der Waals surface area contributed by atoms with E-state index < -0.39 is 24.0 Å². The number of aliphatic hydroxyl groups excluding tert-OH is 1. The maximum atomic E-state index is 13.6. The summed E-state index contributed by atoms with van der Waals surface area (Å²) in [5.74, 6) is -1.71.